The maximum atomic E-state index is 13.5. The number of rotatable bonds is 4. The molecular formula is C14H12F2N2O3. The molecule has 5 nitrogen and oxygen atoms in total. The third-order valence-corrected chi connectivity index (χ3v) is 2.51. The quantitative estimate of drug-likeness (QED) is 0.878. The van der Waals surface area contributed by atoms with Crippen LogP contribution in [0.2, 0.25) is 0 Å². The lowest BCUT2D eigenvalue weighted by Gasteiger charge is -2.09. The Balaban J connectivity index is 2.31. The molecule has 2 rings (SSSR count). The molecule has 0 saturated heterocycles. The standard InChI is InChI=1S/C14H12F2N2O3/c1-2-20-14(19)9-6-13(18-7-11(9)17)21-12-5-8(15)3-4-10(12)16/h3-7H,2,17H2,1H3. The zero-order chi connectivity index (χ0) is 15.4. The number of anilines is 1. The van der Waals surface area contributed by atoms with Crippen molar-refractivity contribution in [3.63, 3.8) is 0 Å². The van der Waals surface area contributed by atoms with Gasteiger partial charge < -0.3 is 15.2 Å². The van der Waals surface area contributed by atoms with Crippen LogP contribution in [0.1, 0.15) is 17.3 Å². The van der Waals surface area contributed by atoms with Crippen molar-refractivity contribution >= 4 is 11.7 Å². The van der Waals surface area contributed by atoms with Gasteiger partial charge in [-0.25, -0.2) is 18.6 Å². The molecule has 0 unspecified atom stereocenters. The van der Waals surface area contributed by atoms with Gasteiger partial charge in [0.25, 0.3) is 0 Å². The van der Waals surface area contributed by atoms with Gasteiger partial charge >= 0.3 is 5.97 Å². The Kier molecular flexibility index (Phi) is 4.32. The van der Waals surface area contributed by atoms with Crippen LogP contribution < -0.4 is 10.5 Å². The van der Waals surface area contributed by atoms with Crippen molar-refractivity contribution < 1.29 is 23.0 Å². The highest BCUT2D eigenvalue weighted by Crippen LogP contribution is 2.26. The average molecular weight is 294 g/mol. The summed E-state index contributed by atoms with van der Waals surface area (Å²) in [6, 6.07) is 3.96. The highest BCUT2D eigenvalue weighted by Gasteiger charge is 2.14. The van der Waals surface area contributed by atoms with Crippen molar-refractivity contribution in [3.8, 4) is 11.6 Å². The molecular weight excluding hydrogens is 282 g/mol. The summed E-state index contributed by atoms with van der Waals surface area (Å²) in [4.78, 5) is 15.5. The first-order valence-corrected chi connectivity index (χ1v) is 6.06. The van der Waals surface area contributed by atoms with Crippen LogP contribution >= 0.6 is 0 Å². The number of carbonyl (C=O) groups is 1. The van der Waals surface area contributed by atoms with Gasteiger partial charge in [0.2, 0.25) is 5.88 Å². The van der Waals surface area contributed by atoms with Crippen LogP contribution in [0.25, 0.3) is 0 Å². The van der Waals surface area contributed by atoms with Gasteiger partial charge in [-0.15, -0.1) is 0 Å². The molecule has 2 N–H and O–H groups in total. The molecule has 0 radical (unpaired) electrons. The van der Waals surface area contributed by atoms with E-state index in [-0.39, 0.29) is 29.5 Å². The smallest absolute Gasteiger partial charge is 0.340 e. The summed E-state index contributed by atoms with van der Waals surface area (Å²) in [5, 5.41) is 0. The predicted octanol–water partition coefficient (Wildman–Crippen LogP) is 2.91. The number of carbonyl (C=O) groups excluding carboxylic acids is 1. The van der Waals surface area contributed by atoms with E-state index in [2.05, 4.69) is 4.98 Å². The van der Waals surface area contributed by atoms with Gasteiger partial charge in [-0.2, -0.15) is 0 Å². The third-order valence-electron chi connectivity index (χ3n) is 2.51. The molecule has 0 bridgehead atoms. The van der Waals surface area contributed by atoms with Gasteiger partial charge in [-0.3, -0.25) is 0 Å². The van der Waals surface area contributed by atoms with Crippen molar-refractivity contribution in [3.05, 3.63) is 47.7 Å². The van der Waals surface area contributed by atoms with Crippen LogP contribution in [-0.2, 0) is 4.74 Å². The van der Waals surface area contributed by atoms with Gasteiger partial charge in [0.05, 0.1) is 24.1 Å². The van der Waals surface area contributed by atoms with E-state index in [1.807, 2.05) is 0 Å². The Bertz CT molecular complexity index is 677. The Hall–Kier alpha value is -2.70. The molecule has 0 amide bonds. The highest BCUT2D eigenvalue weighted by molar-refractivity contribution is 5.95. The second-order valence-electron chi connectivity index (χ2n) is 4.01. The number of halogens is 2. The summed E-state index contributed by atoms with van der Waals surface area (Å²) >= 11 is 0. The van der Waals surface area contributed by atoms with Crippen LogP contribution in [0.4, 0.5) is 14.5 Å². The lowest BCUT2D eigenvalue weighted by molar-refractivity contribution is 0.0527. The third kappa shape index (κ3) is 3.44. The largest absolute Gasteiger partial charge is 0.462 e. The molecule has 1 aromatic carbocycles. The monoisotopic (exact) mass is 294 g/mol. The van der Waals surface area contributed by atoms with E-state index in [9.17, 15) is 13.6 Å². The normalized spacial score (nSPS) is 10.2. The molecule has 0 atom stereocenters. The van der Waals surface area contributed by atoms with Crippen LogP contribution in [0.15, 0.2) is 30.5 Å². The fourth-order valence-corrected chi connectivity index (χ4v) is 1.56. The van der Waals surface area contributed by atoms with E-state index in [0.29, 0.717) is 0 Å². The first-order chi connectivity index (χ1) is 10.0. The van der Waals surface area contributed by atoms with Gasteiger partial charge in [0.15, 0.2) is 11.6 Å². The highest BCUT2D eigenvalue weighted by atomic mass is 19.1. The van der Waals surface area contributed by atoms with Crippen molar-refractivity contribution in [2.45, 2.75) is 6.92 Å². The number of nitrogens with two attached hydrogens (primary N) is 1. The minimum Gasteiger partial charge on any atom is -0.462 e. The molecule has 0 aliphatic rings. The molecule has 7 heteroatoms. The lowest BCUT2D eigenvalue weighted by Crippen LogP contribution is -2.09. The summed E-state index contributed by atoms with van der Waals surface area (Å²) < 4.78 is 36.5. The molecule has 0 saturated carbocycles. The summed E-state index contributed by atoms with van der Waals surface area (Å²) in [5.74, 6) is -2.51. The number of benzene rings is 1. The van der Waals surface area contributed by atoms with Gasteiger partial charge in [0, 0.05) is 12.1 Å². The first-order valence-electron chi connectivity index (χ1n) is 6.06. The van der Waals surface area contributed by atoms with Crippen LogP contribution in [-0.4, -0.2) is 17.6 Å². The lowest BCUT2D eigenvalue weighted by atomic mass is 10.2. The molecule has 0 spiro atoms. The van der Waals surface area contributed by atoms with Gasteiger partial charge in [-0.05, 0) is 19.1 Å². The van der Waals surface area contributed by atoms with Crippen molar-refractivity contribution in [2.24, 2.45) is 0 Å². The summed E-state index contributed by atoms with van der Waals surface area (Å²) in [6.07, 6.45) is 1.18. The SMILES string of the molecule is CCOC(=O)c1cc(Oc2cc(F)ccc2F)ncc1N. The fraction of sp³-hybridized carbons (Fsp3) is 0.143. The number of aromatic nitrogens is 1. The van der Waals surface area contributed by atoms with E-state index < -0.39 is 17.6 Å². The van der Waals surface area contributed by atoms with E-state index in [1.54, 1.807) is 6.92 Å². The van der Waals surface area contributed by atoms with E-state index >= 15 is 0 Å². The number of hydrogen-bond donors (Lipinski definition) is 1. The molecule has 0 fully saturated rings. The molecule has 1 heterocycles. The maximum Gasteiger partial charge on any atom is 0.340 e. The molecule has 21 heavy (non-hydrogen) atoms. The number of esters is 1. The number of pyridine rings is 1. The molecule has 2 aromatic rings. The van der Waals surface area contributed by atoms with E-state index in [0.717, 1.165) is 18.2 Å². The Labute approximate surface area is 119 Å². The number of nitrogen functional groups attached to an aromatic ring is 1. The maximum absolute atomic E-state index is 13.5. The Morgan fingerprint density at radius 2 is 2.10 bits per heavy atom. The minimum absolute atomic E-state index is 0.0404. The first kappa shape index (κ1) is 14.7. The number of ether oxygens (including phenoxy) is 2. The average Bonchev–Trinajstić information content (AvgIpc) is 2.45. The van der Waals surface area contributed by atoms with Crippen molar-refractivity contribution in [1.82, 2.24) is 4.98 Å². The van der Waals surface area contributed by atoms with Crippen molar-refractivity contribution in [2.75, 3.05) is 12.3 Å². The molecule has 0 aliphatic heterocycles. The molecule has 110 valence electrons. The van der Waals surface area contributed by atoms with Crippen LogP contribution in [0.3, 0.4) is 0 Å². The molecule has 0 aliphatic carbocycles. The second kappa shape index (κ2) is 6.17. The van der Waals surface area contributed by atoms with E-state index in [1.165, 1.54) is 12.3 Å². The van der Waals surface area contributed by atoms with Crippen LogP contribution in [0, 0.1) is 11.6 Å². The topological polar surface area (TPSA) is 74.4 Å². The van der Waals surface area contributed by atoms with Crippen molar-refractivity contribution in [1.29, 1.82) is 0 Å². The van der Waals surface area contributed by atoms with E-state index in [4.69, 9.17) is 15.2 Å². The molecule has 1 aromatic heterocycles. The van der Waals surface area contributed by atoms with Gasteiger partial charge in [-0.1, -0.05) is 0 Å². The fourth-order valence-electron chi connectivity index (χ4n) is 1.56. The number of hydrogen-bond acceptors (Lipinski definition) is 5. The zero-order valence-corrected chi connectivity index (χ0v) is 11.1. The zero-order valence-electron chi connectivity index (χ0n) is 11.1. The Morgan fingerprint density at radius 1 is 1.33 bits per heavy atom. The van der Waals surface area contributed by atoms with Gasteiger partial charge in [0.1, 0.15) is 5.82 Å². The number of nitrogens with zero attached hydrogens (tertiary/aromatic N) is 1. The second-order valence-corrected chi connectivity index (χ2v) is 4.01. The summed E-state index contributed by atoms with van der Waals surface area (Å²) in [7, 11) is 0. The Morgan fingerprint density at radius 3 is 2.81 bits per heavy atom. The summed E-state index contributed by atoms with van der Waals surface area (Å²) in [6.45, 7) is 1.82. The minimum atomic E-state index is -0.757. The predicted molar refractivity (Wildman–Crippen MR) is 71.0 cm³/mol. The summed E-state index contributed by atoms with van der Waals surface area (Å²) in [5.41, 5.74) is 5.75. The van der Waals surface area contributed by atoms with Crippen LogP contribution in [0.5, 0.6) is 11.6 Å².